The van der Waals surface area contributed by atoms with Crippen LogP contribution in [0.1, 0.15) is 24.3 Å². The number of amides is 1. The summed E-state index contributed by atoms with van der Waals surface area (Å²) in [6, 6.07) is 4.78. The second-order valence-electron chi connectivity index (χ2n) is 4.77. The molecule has 0 saturated carbocycles. The van der Waals surface area contributed by atoms with Crippen molar-refractivity contribution in [2.24, 2.45) is 0 Å². The second-order valence-corrected chi connectivity index (χ2v) is 4.77. The van der Waals surface area contributed by atoms with Crippen molar-refractivity contribution in [3.05, 3.63) is 46.5 Å². The number of nitro groups is 1. The molecule has 10 heteroatoms. The predicted molar refractivity (Wildman–Crippen MR) is 82.8 cm³/mol. The molecule has 0 aromatic carbocycles. The van der Waals surface area contributed by atoms with Crippen molar-refractivity contribution >= 4 is 23.2 Å². The first-order chi connectivity index (χ1) is 11.0. The molecule has 2 heterocycles. The Labute approximate surface area is 131 Å². The standard InChI is InChI=1S/C13H15N7O3/c1-8(2)17-11-10(20(22)23)12(16-7-15-11)18-19-13(21)9-5-3-4-6-14-9/h3-8H,1-2H3,(H,19,21)(H2,15,16,17,18). The maximum absolute atomic E-state index is 11.9. The van der Waals surface area contributed by atoms with Gasteiger partial charge in [-0.2, -0.15) is 0 Å². The maximum Gasteiger partial charge on any atom is 0.354 e. The first-order valence-corrected chi connectivity index (χ1v) is 6.72. The zero-order chi connectivity index (χ0) is 16.8. The van der Waals surface area contributed by atoms with Crippen molar-refractivity contribution in [3.8, 4) is 0 Å². The van der Waals surface area contributed by atoms with Crippen LogP contribution in [0.5, 0.6) is 0 Å². The largest absolute Gasteiger partial charge is 0.362 e. The van der Waals surface area contributed by atoms with Crippen LogP contribution in [0.25, 0.3) is 0 Å². The molecule has 10 nitrogen and oxygen atoms in total. The zero-order valence-corrected chi connectivity index (χ0v) is 12.5. The Morgan fingerprint density at radius 2 is 1.96 bits per heavy atom. The highest BCUT2D eigenvalue weighted by atomic mass is 16.6. The molecule has 2 aromatic heterocycles. The molecule has 3 N–H and O–H groups in total. The molecule has 0 radical (unpaired) electrons. The molecule has 120 valence electrons. The Bertz CT molecular complexity index is 706. The molecular formula is C13H15N7O3. The predicted octanol–water partition coefficient (Wildman–Crippen LogP) is 1.36. The van der Waals surface area contributed by atoms with Crippen molar-refractivity contribution in [2.75, 3.05) is 10.7 Å². The molecule has 2 aromatic rings. The van der Waals surface area contributed by atoms with Gasteiger partial charge < -0.3 is 5.32 Å². The van der Waals surface area contributed by atoms with Gasteiger partial charge in [-0.05, 0) is 26.0 Å². The summed E-state index contributed by atoms with van der Waals surface area (Å²) >= 11 is 0. The van der Waals surface area contributed by atoms with Crippen LogP contribution in [0.15, 0.2) is 30.7 Å². The fourth-order valence-corrected chi connectivity index (χ4v) is 1.70. The van der Waals surface area contributed by atoms with Crippen LogP contribution >= 0.6 is 0 Å². The van der Waals surface area contributed by atoms with E-state index in [1.807, 2.05) is 13.8 Å². The molecule has 0 saturated heterocycles. The van der Waals surface area contributed by atoms with E-state index < -0.39 is 10.8 Å². The number of nitrogens with zero attached hydrogens (tertiary/aromatic N) is 4. The van der Waals surface area contributed by atoms with Crippen LogP contribution in [-0.2, 0) is 0 Å². The molecule has 1 amide bonds. The van der Waals surface area contributed by atoms with Crippen LogP contribution < -0.4 is 16.2 Å². The Balaban J connectivity index is 2.19. The van der Waals surface area contributed by atoms with Crippen LogP contribution in [0, 0.1) is 10.1 Å². The van der Waals surface area contributed by atoms with Crippen LogP contribution in [0.4, 0.5) is 17.3 Å². The summed E-state index contributed by atoms with van der Waals surface area (Å²) in [5.74, 6) is -0.608. The molecular weight excluding hydrogens is 302 g/mol. The second kappa shape index (κ2) is 7.11. The molecule has 23 heavy (non-hydrogen) atoms. The minimum Gasteiger partial charge on any atom is -0.362 e. The fraction of sp³-hybridized carbons (Fsp3) is 0.231. The van der Waals surface area contributed by atoms with Crippen LogP contribution in [-0.4, -0.2) is 31.8 Å². The minimum atomic E-state index is -0.625. The summed E-state index contributed by atoms with van der Waals surface area (Å²) in [6.45, 7) is 3.64. The van der Waals surface area contributed by atoms with E-state index in [4.69, 9.17) is 0 Å². The van der Waals surface area contributed by atoms with E-state index in [0.717, 1.165) is 6.33 Å². The Morgan fingerprint density at radius 1 is 1.22 bits per heavy atom. The Hall–Kier alpha value is -3.30. The van der Waals surface area contributed by atoms with E-state index in [1.165, 1.54) is 12.3 Å². The molecule has 0 atom stereocenters. The highest BCUT2D eigenvalue weighted by molar-refractivity contribution is 5.93. The number of anilines is 2. The Morgan fingerprint density at radius 3 is 2.57 bits per heavy atom. The number of pyridine rings is 1. The normalized spacial score (nSPS) is 10.2. The molecule has 0 unspecified atom stereocenters. The summed E-state index contributed by atoms with van der Waals surface area (Å²) < 4.78 is 0. The van der Waals surface area contributed by atoms with Gasteiger partial charge in [-0.25, -0.2) is 9.97 Å². The van der Waals surface area contributed by atoms with E-state index in [9.17, 15) is 14.9 Å². The molecule has 0 aliphatic carbocycles. The third kappa shape index (κ3) is 4.09. The lowest BCUT2D eigenvalue weighted by Gasteiger charge is -2.12. The highest BCUT2D eigenvalue weighted by Gasteiger charge is 2.23. The summed E-state index contributed by atoms with van der Waals surface area (Å²) in [4.78, 5) is 34.1. The van der Waals surface area contributed by atoms with Gasteiger partial charge in [0, 0.05) is 12.2 Å². The zero-order valence-electron chi connectivity index (χ0n) is 12.5. The number of carbonyl (C=O) groups is 1. The van der Waals surface area contributed by atoms with Gasteiger partial charge in [-0.1, -0.05) is 6.07 Å². The smallest absolute Gasteiger partial charge is 0.354 e. The number of hydrogen-bond acceptors (Lipinski definition) is 8. The van der Waals surface area contributed by atoms with Gasteiger partial charge in [0.2, 0.25) is 11.6 Å². The molecule has 2 rings (SSSR count). The first kappa shape index (κ1) is 16.1. The first-order valence-electron chi connectivity index (χ1n) is 6.72. The number of hydrogen-bond donors (Lipinski definition) is 3. The Kier molecular flexibility index (Phi) is 4.97. The lowest BCUT2D eigenvalue weighted by molar-refractivity contribution is -0.383. The quantitative estimate of drug-likeness (QED) is 0.537. The van der Waals surface area contributed by atoms with Crippen molar-refractivity contribution in [2.45, 2.75) is 19.9 Å². The van der Waals surface area contributed by atoms with Gasteiger partial charge in [-0.3, -0.25) is 30.7 Å². The van der Waals surface area contributed by atoms with Crippen molar-refractivity contribution in [1.82, 2.24) is 20.4 Å². The van der Waals surface area contributed by atoms with Crippen molar-refractivity contribution < 1.29 is 9.72 Å². The van der Waals surface area contributed by atoms with Crippen LogP contribution in [0.2, 0.25) is 0 Å². The number of nitrogens with one attached hydrogen (secondary N) is 3. The van der Waals surface area contributed by atoms with Crippen molar-refractivity contribution in [3.63, 3.8) is 0 Å². The van der Waals surface area contributed by atoms with Gasteiger partial charge in [0.25, 0.3) is 5.91 Å². The van der Waals surface area contributed by atoms with E-state index in [-0.39, 0.29) is 29.1 Å². The summed E-state index contributed by atoms with van der Waals surface area (Å²) in [5.41, 5.74) is 4.56. The van der Waals surface area contributed by atoms with Gasteiger partial charge >= 0.3 is 5.69 Å². The summed E-state index contributed by atoms with van der Waals surface area (Å²) in [7, 11) is 0. The average molecular weight is 317 g/mol. The average Bonchev–Trinajstić information content (AvgIpc) is 2.52. The van der Waals surface area contributed by atoms with Crippen molar-refractivity contribution in [1.29, 1.82) is 0 Å². The lowest BCUT2D eigenvalue weighted by atomic mass is 10.3. The topological polar surface area (TPSA) is 135 Å². The fourth-order valence-electron chi connectivity index (χ4n) is 1.70. The third-order valence-electron chi connectivity index (χ3n) is 2.62. The van der Waals surface area contributed by atoms with E-state index in [0.29, 0.717) is 0 Å². The van der Waals surface area contributed by atoms with Gasteiger partial charge in [0.1, 0.15) is 12.0 Å². The minimum absolute atomic E-state index is 0.0560. The van der Waals surface area contributed by atoms with Gasteiger partial charge in [0.05, 0.1) is 4.92 Å². The SMILES string of the molecule is CC(C)Nc1ncnc(NNC(=O)c2ccccn2)c1[N+](=O)[O-]. The number of aromatic nitrogens is 3. The number of carbonyl (C=O) groups excluding carboxylic acids is 1. The van der Waals surface area contributed by atoms with E-state index >= 15 is 0 Å². The van der Waals surface area contributed by atoms with Crippen LogP contribution in [0.3, 0.4) is 0 Å². The maximum atomic E-state index is 11.9. The van der Waals surface area contributed by atoms with Gasteiger partial charge in [-0.15, -0.1) is 0 Å². The number of hydrazine groups is 1. The molecule has 0 bridgehead atoms. The van der Waals surface area contributed by atoms with E-state index in [2.05, 4.69) is 31.1 Å². The molecule has 0 aliphatic heterocycles. The monoisotopic (exact) mass is 317 g/mol. The van der Waals surface area contributed by atoms with Gasteiger partial charge in [0.15, 0.2) is 0 Å². The molecule has 0 aliphatic rings. The molecule has 0 spiro atoms. The summed E-state index contributed by atoms with van der Waals surface area (Å²) in [5, 5.41) is 14.1. The number of rotatable bonds is 6. The third-order valence-corrected chi connectivity index (χ3v) is 2.62. The summed E-state index contributed by atoms with van der Waals surface area (Å²) in [6.07, 6.45) is 2.62. The van der Waals surface area contributed by atoms with E-state index in [1.54, 1.807) is 12.1 Å². The molecule has 0 fully saturated rings. The highest BCUT2D eigenvalue weighted by Crippen LogP contribution is 2.28. The lowest BCUT2D eigenvalue weighted by Crippen LogP contribution is -2.31.